The van der Waals surface area contributed by atoms with Crippen molar-refractivity contribution < 1.29 is 0 Å². The van der Waals surface area contributed by atoms with E-state index in [0.29, 0.717) is 0 Å². The second-order valence-corrected chi connectivity index (χ2v) is 5.07. The second kappa shape index (κ2) is 5.67. The molecule has 0 saturated heterocycles. The van der Waals surface area contributed by atoms with Crippen molar-refractivity contribution in [3.05, 3.63) is 51.5 Å². The summed E-state index contributed by atoms with van der Waals surface area (Å²) in [7, 11) is 1.99. The van der Waals surface area contributed by atoms with Gasteiger partial charge in [-0.25, -0.2) is 4.98 Å². The molecule has 0 fully saturated rings. The van der Waals surface area contributed by atoms with Gasteiger partial charge in [-0.1, -0.05) is 17.7 Å². The maximum atomic E-state index is 5.94. The van der Waals surface area contributed by atoms with Crippen LogP contribution in [0.5, 0.6) is 0 Å². The molecule has 1 heterocycles. The van der Waals surface area contributed by atoms with E-state index in [9.17, 15) is 0 Å². The standard InChI is InChI=1S/C12H13BrClN3/c1-17-5-4-16-12(17)8-15-7-9-2-3-11(14)10(13)6-9/h2-6,15H,7-8H2,1H3. The molecule has 0 aliphatic rings. The molecule has 5 heteroatoms. The SMILES string of the molecule is Cn1ccnc1CNCc1ccc(Cl)c(Br)c1. The lowest BCUT2D eigenvalue weighted by Crippen LogP contribution is -2.15. The van der Waals surface area contributed by atoms with Crippen molar-refractivity contribution in [2.24, 2.45) is 7.05 Å². The van der Waals surface area contributed by atoms with E-state index in [2.05, 4.69) is 26.2 Å². The summed E-state index contributed by atoms with van der Waals surface area (Å²) in [6, 6.07) is 5.93. The number of aryl methyl sites for hydroxylation is 1. The average molecular weight is 315 g/mol. The van der Waals surface area contributed by atoms with Gasteiger partial charge in [0, 0.05) is 30.5 Å². The highest BCUT2D eigenvalue weighted by atomic mass is 79.9. The first-order chi connectivity index (χ1) is 8.16. The van der Waals surface area contributed by atoms with Crippen molar-refractivity contribution in [2.75, 3.05) is 0 Å². The van der Waals surface area contributed by atoms with Crippen molar-refractivity contribution in [3.8, 4) is 0 Å². The molecule has 0 radical (unpaired) electrons. The molecule has 1 aromatic carbocycles. The van der Waals surface area contributed by atoms with Crippen LogP contribution in [0, 0.1) is 0 Å². The minimum Gasteiger partial charge on any atom is -0.337 e. The molecule has 2 rings (SSSR count). The zero-order valence-corrected chi connectivity index (χ0v) is 11.8. The van der Waals surface area contributed by atoms with Crippen LogP contribution in [0.25, 0.3) is 0 Å². The third-order valence-corrected chi connectivity index (χ3v) is 3.73. The van der Waals surface area contributed by atoms with E-state index in [0.717, 1.165) is 28.4 Å². The fourth-order valence-electron chi connectivity index (χ4n) is 1.54. The van der Waals surface area contributed by atoms with E-state index in [-0.39, 0.29) is 0 Å². The van der Waals surface area contributed by atoms with Gasteiger partial charge >= 0.3 is 0 Å². The Morgan fingerprint density at radius 2 is 2.24 bits per heavy atom. The number of aromatic nitrogens is 2. The molecule has 2 aromatic rings. The molecule has 0 amide bonds. The van der Waals surface area contributed by atoms with Crippen molar-refractivity contribution in [1.29, 1.82) is 0 Å². The normalized spacial score (nSPS) is 10.8. The van der Waals surface area contributed by atoms with Gasteiger partial charge in [-0.05, 0) is 33.6 Å². The highest BCUT2D eigenvalue weighted by Gasteiger charge is 2.01. The minimum absolute atomic E-state index is 0.734. The van der Waals surface area contributed by atoms with Crippen molar-refractivity contribution in [1.82, 2.24) is 14.9 Å². The molecule has 1 aromatic heterocycles. The van der Waals surface area contributed by atoms with E-state index < -0.39 is 0 Å². The van der Waals surface area contributed by atoms with Gasteiger partial charge in [0.15, 0.2) is 0 Å². The second-order valence-electron chi connectivity index (χ2n) is 3.81. The molecule has 0 aliphatic carbocycles. The Bertz CT molecular complexity index is 510. The monoisotopic (exact) mass is 313 g/mol. The number of benzene rings is 1. The summed E-state index contributed by atoms with van der Waals surface area (Å²) in [5.41, 5.74) is 1.19. The summed E-state index contributed by atoms with van der Waals surface area (Å²) in [5, 5.41) is 4.08. The average Bonchev–Trinajstić information content (AvgIpc) is 2.70. The van der Waals surface area contributed by atoms with Crippen LogP contribution in [0.3, 0.4) is 0 Å². The smallest absolute Gasteiger partial charge is 0.122 e. The third-order valence-electron chi connectivity index (χ3n) is 2.52. The maximum absolute atomic E-state index is 5.94. The molecule has 1 N–H and O–H groups in total. The zero-order valence-electron chi connectivity index (χ0n) is 9.45. The summed E-state index contributed by atoms with van der Waals surface area (Å²) >= 11 is 9.35. The first kappa shape index (κ1) is 12.6. The van der Waals surface area contributed by atoms with Crippen LogP contribution in [0.1, 0.15) is 11.4 Å². The number of nitrogens with zero attached hydrogens (tertiary/aromatic N) is 2. The van der Waals surface area contributed by atoms with Crippen molar-refractivity contribution in [3.63, 3.8) is 0 Å². The number of hydrogen-bond acceptors (Lipinski definition) is 2. The molecular weight excluding hydrogens is 302 g/mol. The predicted octanol–water partition coefficient (Wildman–Crippen LogP) is 3.13. The molecule has 0 spiro atoms. The van der Waals surface area contributed by atoms with E-state index in [1.807, 2.05) is 36.0 Å². The van der Waals surface area contributed by atoms with Crippen LogP contribution < -0.4 is 5.32 Å². The predicted molar refractivity (Wildman–Crippen MR) is 72.9 cm³/mol. The lowest BCUT2D eigenvalue weighted by molar-refractivity contribution is 0.639. The summed E-state index contributed by atoms with van der Waals surface area (Å²) in [6.45, 7) is 1.55. The third kappa shape index (κ3) is 3.31. The lowest BCUT2D eigenvalue weighted by atomic mass is 10.2. The summed E-state index contributed by atoms with van der Waals surface area (Å²) in [6.07, 6.45) is 3.74. The van der Waals surface area contributed by atoms with E-state index in [4.69, 9.17) is 11.6 Å². The van der Waals surface area contributed by atoms with Crippen molar-refractivity contribution in [2.45, 2.75) is 13.1 Å². The number of halogens is 2. The Balaban J connectivity index is 1.90. The van der Waals surface area contributed by atoms with Crippen LogP contribution >= 0.6 is 27.5 Å². The van der Waals surface area contributed by atoms with Gasteiger partial charge in [-0.3, -0.25) is 0 Å². The largest absolute Gasteiger partial charge is 0.337 e. The Morgan fingerprint density at radius 3 is 2.88 bits per heavy atom. The van der Waals surface area contributed by atoms with E-state index in [1.165, 1.54) is 5.56 Å². The molecule has 0 aliphatic heterocycles. The number of hydrogen-bond donors (Lipinski definition) is 1. The Kier molecular flexibility index (Phi) is 4.20. The van der Waals surface area contributed by atoms with Gasteiger partial charge in [0.05, 0.1) is 11.6 Å². The summed E-state index contributed by atoms with van der Waals surface area (Å²) in [4.78, 5) is 4.25. The highest BCUT2D eigenvalue weighted by Crippen LogP contribution is 2.23. The van der Waals surface area contributed by atoms with Gasteiger partial charge in [0.25, 0.3) is 0 Å². The first-order valence-corrected chi connectivity index (χ1v) is 6.45. The van der Waals surface area contributed by atoms with E-state index in [1.54, 1.807) is 6.20 Å². The fourth-order valence-corrected chi connectivity index (χ4v) is 2.08. The molecule has 0 bridgehead atoms. The summed E-state index contributed by atoms with van der Waals surface area (Å²) in [5.74, 6) is 1.03. The number of imidazole rings is 1. The number of rotatable bonds is 4. The molecule has 17 heavy (non-hydrogen) atoms. The van der Waals surface area contributed by atoms with Gasteiger partial charge in [-0.15, -0.1) is 0 Å². The Morgan fingerprint density at radius 1 is 1.41 bits per heavy atom. The minimum atomic E-state index is 0.734. The maximum Gasteiger partial charge on any atom is 0.122 e. The molecule has 90 valence electrons. The van der Waals surface area contributed by atoms with Crippen LogP contribution in [0.2, 0.25) is 5.02 Å². The van der Waals surface area contributed by atoms with Crippen LogP contribution in [0.15, 0.2) is 35.1 Å². The van der Waals surface area contributed by atoms with Gasteiger partial charge in [0.2, 0.25) is 0 Å². The van der Waals surface area contributed by atoms with E-state index >= 15 is 0 Å². The van der Waals surface area contributed by atoms with Crippen LogP contribution in [-0.4, -0.2) is 9.55 Å². The topological polar surface area (TPSA) is 29.9 Å². The Hall–Kier alpha value is -0.840. The Labute approximate surface area is 114 Å². The molecule has 3 nitrogen and oxygen atoms in total. The number of nitrogens with one attached hydrogen (secondary N) is 1. The lowest BCUT2D eigenvalue weighted by Gasteiger charge is -2.06. The summed E-state index contributed by atoms with van der Waals surface area (Å²) < 4.78 is 2.93. The quantitative estimate of drug-likeness (QED) is 0.939. The van der Waals surface area contributed by atoms with Gasteiger partial charge < -0.3 is 9.88 Å². The molecule has 0 saturated carbocycles. The van der Waals surface area contributed by atoms with Gasteiger partial charge in [-0.2, -0.15) is 0 Å². The first-order valence-electron chi connectivity index (χ1n) is 5.27. The fraction of sp³-hybridized carbons (Fsp3) is 0.250. The molecule has 0 atom stereocenters. The van der Waals surface area contributed by atoms with Crippen LogP contribution in [-0.2, 0) is 20.1 Å². The molecule has 0 unspecified atom stereocenters. The molecular formula is C12H13BrClN3. The van der Waals surface area contributed by atoms with Gasteiger partial charge in [0.1, 0.15) is 5.82 Å². The van der Waals surface area contributed by atoms with Crippen molar-refractivity contribution >= 4 is 27.5 Å². The zero-order chi connectivity index (χ0) is 12.3. The highest BCUT2D eigenvalue weighted by molar-refractivity contribution is 9.10. The van der Waals surface area contributed by atoms with Crippen LogP contribution in [0.4, 0.5) is 0 Å².